The van der Waals surface area contributed by atoms with Crippen molar-refractivity contribution in [3.63, 3.8) is 0 Å². The van der Waals surface area contributed by atoms with Gasteiger partial charge in [-0.25, -0.2) is 4.39 Å². The zero-order chi connectivity index (χ0) is 15.2. The van der Waals surface area contributed by atoms with Crippen LogP contribution in [0.3, 0.4) is 0 Å². The van der Waals surface area contributed by atoms with E-state index in [4.69, 9.17) is 16.3 Å². The first-order valence-electron chi connectivity index (χ1n) is 6.98. The molecule has 21 heavy (non-hydrogen) atoms. The fourth-order valence-electron chi connectivity index (χ4n) is 2.14. The predicted molar refractivity (Wildman–Crippen MR) is 84.5 cm³/mol. The minimum Gasteiger partial charge on any atom is -0.492 e. The van der Waals surface area contributed by atoms with Crippen molar-refractivity contribution < 1.29 is 9.13 Å². The van der Waals surface area contributed by atoms with Gasteiger partial charge < -0.3 is 10.1 Å². The van der Waals surface area contributed by atoms with Gasteiger partial charge in [-0.15, -0.1) is 0 Å². The van der Waals surface area contributed by atoms with Crippen molar-refractivity contribution in [2.24, 2.45) is 0 Å². The number of ether oxygens (including phenoxy) is 1. The molecule has 0 bridgehead atoms. The Hall–Kier alpha value is -1.58. The van der Waals surface area contributed by atoms with E-state index in [1.807, 2.05) is 25.1 Å². The largest absolute Gasteiger partial charge is 0.492 e. The van der Waals surface area contributed by atoms with Crippen LogP contribution in [0.25, 0.3) is 0 Å². The molecule has 0 radical (unpaired) electrons. The summed E-state index contributed by atoms with van der Waals surface area (Å²) in [5.74, 6) is 0.536. The monoisotopic (exact) mass is 307 g/mol. The molecule has 1 N–H and O–H groups in total. The summed E-state index contributed by atoms with van der Waals surface area (Å²) in [6.45, 7) is 5.06. The van der Waals surface area contributed by atoms with Gasteiger partial charge in [-0.05, 0) is 48.9 Å². The van der Waals surface area contributed by atoms with E-state index in [2.05, 4.69) is 5.32 Å². The van der Waals surface area contributed by atoms with Crippen LogP contribution in [0.15, 0.2) is 42.5 Å². The van der Waals surface area contributed by atoms with Gasteiger partial charge in [0.2, 0.25) is 0 Å². The van der Waals surface area contributed by atoms with Crippen molar-refractivity contribution in [1.29, 1.82) is 0 Å². The van der Waals surface area contributed by atoms with Crippen LogP contribution in [0.5, 0.6) is 5.75 Å². The second-order valence-corrected chi connectivity index (χ2v) is 5.32. The summed E-state index contributed by atoms with van der Waals surface area (Å²) >= 11 is 5.94. The van der Waals surface area contributed by atoms with Gasteiger partial charge in [0, 0.05) is 5.02 Å². The summed E-state index contributed by atoms with van der Waals surface area (Å²) in [5.41, 5.74) is 1.65. The van der Waals surface area contributed by atoms with Gasteiger partial charge in [-0.2, -0.15) is 0 Å². The van der Waals surface area contributed by atoms with Crippen LogP contribution in [0, 0.1) is 12.7 Å². The van der Waals surface area contributed by atoms with E-state index in [1.54, 1.807) is 25.1 Å². The summed E-state index contributed by atoms with van der Waals surface area (Å²) in [6, 6.07) is 12.4. The number of benzene rings is 2. The molecule has 0 aliphatic carbocycles. The predicted octanol–water partition coefficient (Wildman–Crippen LogP) is 4.52. The Balaban J connectivity index is 2.09. The first-order valence-corrected chi connectivity index (χ1v) is 7.35. The van der Waals surface area contributed by atoms with Crippen molar-refractivity contribution in [1.82, 2.24) is 5.32 Å². The van der Waals surface area contributed by atoms with Gasteiger partial charge in [0.1, 0.15) is 18.2 Å². The van der Waals surface area contributed by atoms with E-state index in [9.17, 15) is 4.39 Å². The lowest BCUT2D eigenvalue weighted by atomic mass is 10.0. The molecule has 0 saturated carbocycles. The number of nitrogens with one attached hydrogen (secondary N) is 1. The summed E-state index contributed by atoms with van der Waals surface area (Å²) < 4.78 is 19.2. The van der Waals surface area contributed by atoms with Crippen LogP contribution < -0.4 is 10.1 Å². The van der Waals surface area contributed by atoms with Gasteiger partial charge in [0.05, 0.1) is 6.04 Å². The smallest absolute Gasteiger partial charge is 0.126 e. The molecule has 112 valence electrons. The Bertz CT molecular complexity index is 603. The summed E-state index contributed by atoms with van der Waals surface area (Å²) in [6.07, 6.45) is 0. The first kappa shape index (κ1) is 15.8. The number of halogens is 2. The molecule has 2 nitrogen and oxygen atoms in total. The molecule has 0 saturated heterocycles. The maximum Gasteiger partial charge on any atom is 0.126 e. The third kappa shape index (κ3) is 4.45. The number of rotatable bonds is 6. The standard InChI is InChI=1S/C17H19ClFNO/c1-3-20-17(13-7-8-16(19)12(2)9-13)11-21-15-6-4-5-14(18)10-15/h4-10,17,20H,3,11H2,1-2H3. The molecule has 0 amide bonds. The highest BCUT2D eigenvalue weighted by molar-refractivity contribution is 6.30. The zero-order valence-electron chi connectivity index (χ0n) is 12.2. The molecule has 0 aromatic heterocycles. The van der Waals surface area contributed by atoms with E-state index in [0.717, 1.165) is 17.9 Å². The van der Waals surface area contributed by atoms with Crippen LogP contribution in [-0.4, -0.2) is 13.2 Å². The van der Waals surface area contributed by atoms with Gasteiger partial charge in [0.15, 0.2) is 0 Å². The second kappa shape index (κ2) is 7.43. The first-order chi connectivity index (χ1) is 10.1. The molecule has 1 unspecified atom stereocenters. The molecule has 2 aromatic rings. The third-order valence-electron chi connectivity index (χ3n) is 3.25. The molecule has 4 heteroatoms. The molecule has 0 aliphatic heterocycles. The van der Waals surface area contributed by atoms with Crippen LogP contribution in [0.2, 0.25) is 5.02 Å². The third-order valence-corrected chi connectivity index (χ3v) is 3.48. The van der Waals surface area contributed by atoms with Crippen molar-refractivity contribution in [3.05, 3.63) is 64.4 Å². The Morgan fingerprint density at radius 1 is 1.24 bits per heavy atom. The average Bonchev–Trinajstić information content (AvgIpc) is 2.46. The van der Waals surface area contributed by atoms with Crippen molar-refractivity contribution >= 4 is 11.6 Å². The van der Waals surface area contributed by atoms with E-state index in [-0.39, 0.29) is 11.9 Å². The highest BCUT2D eigenvalue weighted by Gasteiger charge is 2.12. The van der Waals surface area contributed by atoms with Crippen LogP contribution in [0.4, 0.5) is 4.39 Å². The van der Waals surface area contributed by atoms with Gasteiger partial charge in [-0.3, -0.25) is 0 Å². The van der Waals surface area contributed by atoms with Crippen LogP contribution in [0.1, 0.15) is 24.1 Å². The fourth-order valence-corrected chi connectivity index (χ4v) is 2.32. The van der Waals surface area contributed by atoms with Gasteiger partial charge in [-0.1, -0.05) is 36.7 Å². The summed E-state index contributed by atoms with van der Waals surface area (Å²) in [5, 5.41) is 3.99. The van der Waals surface area contributed by atoms with E-state index in [0.29, 0.717) is 17.2 Å². The van der Waals surface area contributed by atoms with Crippen molar-refractivity contribution in [2.75, 3.05) is 13.2 Å². The number of hydrogen-bond donors (Lipinski definition) is 1. The summed E-state index contributed by atoms with van der Waals surface area (Å²) in [7, 11) is 0. The maximum atomic E-state index is 13.4. The summed E-state index contributed by atoms with van der Waals surface area (Å²) in [4.78, 5) is 0. The lowest BCUT2D eigenvalue weighted by molar-refractivity contribution is 0.268. The van der Waals surface area contributed by atoms with Gasteiger partial charge >= 0.3 is 0 Å². The molecule has 1 atom stereocenters. The zero-order valence-corrected chi connectivity index (χ0v) is 13.0. The Labute approximate surface area is 129 Å². The quantitative estimate of drug-likeness (QED) is 0.847. The molecular weight excluding hydrogens is 289 g/mol. The Kier molecular flexibility index (Phi) is 5.59. The SMILES string of the molecule is CCNC(COc1cccc(Cl)c1)c1ccc(F)c(C)c1. The molecule has 0 heterocycles. The second-order valence-electron chi connectivity index (χ2n) is 4.89. The minimum absolute atomic E-state index is 0.00767. The molecule has 0 spiro atoms. The molecule has 0 aliphatic rings. The highest BCUT2D eigenvalue weighted by atomic mass is 35.5. The number of aryl methyl sites for hydroxylation is 1. The van der Waals surface area contributed by atoms with E-state index in [1.165, 1.54) is 6.07 Å². The van der Waals surface area contributed by atoms with E-state index < -0.39 is 0 Å². The molecule has 2 aromatic carbocycles. The fraction of sp³-hybridized carbons (Fsp3) is 0.294. The number of likely N-dealkylation sites (N-methyl/N-ethyl adjacent to an activating group) is 1. The van der Waals surface area contributed by atoms with Crippen LogP contribution >= 0.6 is 11.6 Å². The lowest BCUT2D eigenvalue weighted by Gasteiger charge is -2.19. The average molecular weight is 308 g/mol. The lowest BCUT2D eigenvalue weighted by Crippen LogP contribution is -2.26. The topological polar surface area (TPSA) is 21.3 Å². The van der Waals surface area contributed by atoms with Gasteiger partial charge in [0.25, 0.3) is 0 Å². The van der Waals surface area contributed by atoms with Crippen molar-refractivity contribution in [3.8, 4) is 5.75 Å². The normalized spacial score (nSPS) is 12.2. The number of hydrogen-bond acceptors (Lipinski definition) is 2. The molecule has 2 rings (SSSR count). The molecule has 0 fully saturated rings. The minimum atomic E-state index is -0.190. The Morgan fingerprint density at radius 3 is 2.71 bits per heavy atom. The molecular formula is C17H19ClFNO. The highest BCUT2D eigenvalue weighted by Crippen LogP contribution is 2.21. The Morgan fingerprint density at radius 2 is 2.05 bits per heavy atom. The van der Waals surface area contributed by atoms with E-state index >= 15 is 0 Å². The van der Waals surface area contributed by atoms with Crippen molar-refractivity contribution in [2.45, 2.75) is 19.9 Å². The maximum absolute atomic E-state index is 13.4. The van der Waals surface area contributed by atoms with Crippen LogP contribution in [-0.2, 0) is 0 Å².